The zero-order valence-electron chi connectivity index (χ0n) is 12.3. The van der Waals surface area contributed by atoms with Crippen LogP contribution in [0.2, 0.25) is 0 Å². The van der Waals surface area contributed by atoms with Crippen molar-refractivity contribution < 1.29 is 14.7 Å². The fourth-order valence-corrected chi connectivity index (χ4v) is 4.36. The van der Waals surface area contributed by atoms with Crippen LogP contribution in [0.1, 0.15) is 26.2 Å². The maximum Gasteiger partial charge on any atom is 0.317 e. The van der Waals surface area contributed by atoms with Gasteiger partial charge in [-0.1, -0.05) is 0 Å². The number of carbonyl (C=O) groups is 2. The van der Waals surface area contributed by atoms with Crippen molar-refractivity contribution in [3.8, 4) is 0 Å². The predicted octanol–water partition coefficient (Wildman–Crippen LogP) is 1.88. The first-order chi connectivity index (χ1) is 9.45. The summed E-state index contributed by atoms with van der Waals surface area (Å²) in [5.74, 6) is 0.304. The van der Waals surface area contributed by atoms with Crippen LogP contribution in [-0.4, -0.2) is 53.1 Å². The van der Waals surface area contributed by atoms with Gasteiger partial charge in [-0.25, -0.2) is 4.79 Å². The van der Waals surface area contributed by atoms with E-state index in [9.17, 15) is 14.7 Å². The monoisotopic (exact) mass is 300 g/mol. The Hall–Kier alpha value is -0.910. The van der Waals surface area contributed by atoms with Gasteiger partial charge in [0, 0.05) is 24.9 Å². The van der Waals surface area contributed by atoms with Gasteiger partial charge >= 0.3 is 12.0 Å². The van der Waals surface area contributed by atoms with E-state index in [4.69, 9.17) is 0 Å². The minimum Gasteiger partial charge on any atom is -0.481 e. The molecule has 0 aromatic heterocycles. The van der Waals surface area contributed by atoms with Gasteiger partial charge in [0.2, 0.25) is 0 Å². The number of amides is 2. The van der Waals surface area contributed by atoms with Crippen molar-refractivity contribution in [3.05, 3.63) is 0 Å². The molecule has 5 unspecified atom stereocenters. The third-order valence-corrected chi connectivity index (χ3v) is 5.70. The molecule has 2 aliphatic rings. The number of nitrogens with one attached hydrogen (secondary N) is 1. The maximum atomic E-state index is 12.3. The molecule has 2 bridgehead atoms. The molecule has 2 N–H and O–H groups in total. The zero-order valence-corrected chi connectivity index (χ0v) is 13.2. The van der Waals surface area contributed by atoms with E-state index in [2.05, 4.69) is 5.32 Å². The molecule has 0 radical (unpaired) electrons. The normalized spacial score (nSPS) is 33.0. The van der Waals surface area contributed by atoms with Crippen LogP contribution in [0.4, 0.5) is 4.79 Å². The Labute approximate surface area is 124 Å². The van der Waals surface area contributed by atoms with E-state index in [1.54, 1.807) is 23.7 Å². The highest BCUT2D eigenvalue weighted by Crippen LogP contribution is 2.48. The Morgan fingerprint density at radius 2 is 2.05 bits per heavy atom. The van der Waals surface area contributed by atoms with Crippen molar-refractivity contribution in [1.82, 2.24) is 10.2 Å². The standard InChI is InChI=1S/C14H24N2O3S/c1-8(7-20-3)16(2)14(19)15-12-10-5-4-9(6-10)11(12)13(17)18/h8-12H,4-7H2,1-3H3,(H,15,19)(H,17,18). The molecule has 114 valence electrons. The van der Waals surface area contributed by atoms with Crippen molar-refractivity contribution in [2.45, 2.75) is 38.3 Å². The van der Waals surface area contributed by atoms with Crippen LogP contribution >= 0.6 is 11.8 Å². The van der Waals surface area contributed by atoms with Gasteiger partial charge < -0.3 is 15.3 Å². The number of rotatable bonds is 5. The maximum absolute atomic E-state index is 12.3. The molecular formula is C14H24N2O3S. The van der Waals surface area contributed by atoms with E-state index in [0.29, 0.717) is 5.92 Å². The van der Waals surface area contributed by atoms with E-state index in [1.165, 1.54) is 0 Å². The lowest BCUT2D eigenvalue weighted by molar-refractivity contribution is -0.144. The van der Waals surface area contributed by atoms with Crippen LogP contribution < -0.4 is 5.32 Å². The number of aliphatic carboxylic acids is 1. The fraction of sp³-hybridized carbons (Fsp3) is 0.857. The molecule has 2 amide bonds. The van der Waals surface area contributed by atoms with Gasteiger partial charge in [0.1, 0.15) is 0 Å². The van der Waals surface area contributed by atoms with E-state index in [-0.39, 0.29) is 24.0 Å². The topological polar surface area (TPSA) is 69.6 Å². The van der Waals surface area contributed by atoms with Crippen molar-refractivity contribution in [3.63, 3.8) is 0 Å². The van der Waals surface area contributed by atoms with Crippen LogP contribution in [0.3, 0.4) is 0 Å². The minimum absolute atomic E-state index is 0.143. The second-order valence-electron chi connectivity index (χ2n) is 6.09. The number of thioether (sulfide) groups is 1. The van der Waals surface area contributed by atoms with Crippen LogP contribution in [0, 0.1) is 17.8 Å². The molecule has 0 saturated heterocycles. The van der Waals surface area contributed by atoms with Gasteiger partial charge in [0.05, 0.1) is 5.92 Å². The predicted molar refractivity (Wildman–Crippen MR) is 79.9 cm³/mol. The minimum atomic E-state index is -0.762. The molecule has 2 aliphatic carbocycles. The molecule has 5 nitrogen and oxygen atoms in total. The van der Waals surface area contributed by atoms with Gasteiger partial charge in [-0.3, -0.25) is 4.79 Å². The van der Waals surface area contributed by atoms with E-state index in [1.807, 2.05) is 13.2 Å². The first-order valence-corrected chi connectivity index (χ1v) is 8.60. The quantitative estimate of drug-likeness (QED) is 0.813. The Balaban J connectivity index is 1.98. The summed E-state index contributed by atoms with van der Waals surface area (Å²) in [6, 6.07) is -0.190. The Morgan fingerprint density at radius 3 is 2.65 bits per heavy atom. The molecule has 2 rings (SSSR count). The molecule has 20 heavy (non-hydrogen) atoms. The Morgan fingerprint density at radius 1 is 1.40 bits per heavy atom. The van der Waals surface area contributed by atoms with E-state index in [0.717, 1.165) is 25.0 Å². The molecule has 2 saturated carbocycles. The molecule has 5 atom stereocenters. The smallest absolute Gasteiger partial charge is 0.317 e. The largest absolute Gasteiger partial charge is 0.481 e. The summed E-state index contributed by atoms with van der Waals surface area (Å²) in [5.41, 5.74) is 0. The van der Waals surface area contributed by atoms with Crippen LogP contribution in [0.15, 0.2) is 0 Å². The summed E-state index contributed by atoms with van der Waals surface area (Å²) in [4.78, 5) is 25.4. The summed E-state index contributed by atoms with van der Waals surface area (Å²) < 4.78 is 0. The molecule has 0 aliphatic heterocycles. The number of carbonyl (C=O) groups excluding carboxylic acids is 1. The molecule has 2 fully saturated rings. The molecule has 6 heteroatoms. The highest BCUT2D eigenvalue weighted by molar-refractivity contribution is 7.98. The summed E-state index contributed by atoms with van der Waals surface area (Å²) in [6.45, 7) is 2.01. The zero-order chi connectivity index (χ0) is 14.9. The number of carboxylic acids is 1. The van der Waals surface area contributed by atoms with Crippen molar-refractivity contribution in [2.75, 3.05) is 19.1 Å². The lowest BCUT2D eigenvalue weighted by Gasteiger charge is -2.32. The first kappa shape index (κ1) is 15.5. The van der Waals surface area contributed by atoms with Crippen LogP contribution in [0.25, 0.3) is 0 Å². The van der Waals surface area contributed by atoms with Crippen molar-refractivity contribution >= 4 is 23.8 Å². The summed E-state index contributed by atoms with van der Waals surface area (Å²) in [5, 5.41) is 12.4. The van der Waals surface area contributed by atoms with Gasteiger partial charge in [0.15, 0.2) is 0 Å². The van der Waals surface area contributed by atoms with E-state index < -0.39 is 11.9 Å². The van der Waals surface area contributed by atoms with Gasteiger partial charge in [0.25, 0.3) is 0 Å². The Bertz CT molecular complexity index is 391. The number of hydrogen-bond acceptors (Lipinski definition) is 3. The number of fused-ring (bicyclic) bond motifs is 2. The lowest BCUT2D eigenvalue weighted by Crippen LogP contribution is -2.52. The fourth-order valence-electron chi connectivity index (χ4n) is 3.65. The number of hydrogen-bond donors (Lipinski definition) is 2. The SMILES string of the molecule is CSCC(C)N(C)C(=O)NC1C2CCC(C2)C1C(=O)O. The number of urea groups is 1. The average Bonchev–Trinajstić information content (AvgIpc) is 2.98. The highest BCUT2D eigenvalue weighted by Gasteiger charge is 2.51. The molecular weight excluding hydrogens is 276 g/mol. The molecule has 0 aromatic rings. The lowest BCUT2D eigenvalue weighted by atomic mass is 9.84. The highest BCUT2D eigenvalue weighted by atomic mass is 32.2. The summed E-state index contributed by atoms with van der Waals surface area (Å²) >= 11 is 1.70. The second-order valence-corrected chi connectivity index (χ2v) is 7.00. The summed E-state index contributed by atoms with van der Waals surface area (Å²) in [7, 11) is 1.78. The second kappa shape index (κ2) is 6.24. The molecule has 0 heterocycles. The molecule has 0 aromatic carbocycles. The van der Waals surface area contributed by atoms with Crippen molar-refractivity contribution in [2.24, 2.45) is 17.8 Å². The third kappa shape index (κ3) is 2.90. The Kier molecular flexibility index (Phi) is 4.83. The third-order valence-electron chi connectivity index (χ3n) is 4.88. The van der Waals surface area contributed by atoms with E-state index >= 15 is 0 Å². The van der Waals surface area contributed by atoms with Gasteiger partial charge in [-0.05, 0) is 44.3 Å². The van der Waals surface area contributed by atoms with Crippen molar-refractivity contribution in [1.29, 1.82) is 0 Å². The van der Waals surface area contributed by atoms with Gasteiger partial charge in [-0.2, -0.15) is 11.8 Å². The number of carboxylic acid groups (broad SMARTS) is 1. The average molecular weight is 300 g/mol. The first-order valence-electron chi connectivity index (χ1n) is 7.20. The van der Waals surface area contributed by atoms with Gasteiger partial charge in [-0.15, -0.1) is 0 Å². The molecule has 0 spiro atoms. The van der Waals surface area contributed by atoms with Crippen LogP contribution in [0.5, 0.6) is 0 Å². The number of nitrogens with zero attached hydrogens (tertiary/aromatic N) is 1. The van der Waals surface area contributed by atoms with Crippen LogP contribution in [-0.2, 0) is 4.79 Å². The summed E-state index contributed by atoms with van der Waals surface area (Å²) in [6.07, 6.45) is 5.00.